The Morgan fingerprint density at radius 2 is 1.89 bits per heavy atom. The number of aromatic nitrogens is 1. The second kappa shape index (κ2) is 7.50. The molecule has 5 rings (SSSR count). The topological polar surface area (TPSA) is 82.5 Å². The molecule has 0 unspecified atom stereocenters. The molecule has 2 bridgehead atoms. The number of pyridine rings is 1. The molecule has 3 aromatic rings. The normalized spacial score (nSPS) is 20.9. The molecule has 2 atom stereocenters. The van der Waals surface area contributed by atoms with E-state index in [1.807, 2.05) is 19.2 Å². The van der Waals surface area contributed by atoms with Crippen LogP contribution in [0.5, 0.6) is 0 Å². The van der Waals surface area contributed by atoms with Gasteiger partial charge < -0.3 is 10.2 Å². The summed E-state index contributed by atoms with van der Waals surface area (Å²) in [5.74, 6) is 0. The van der Waals surface area contributed by atoms with Crippen molar-refractivity contribution in [3.05, 3.63) is 66.4 Å². The monoisotopic (exact) mass is 397 g/mol. The van der Waals surface area contributed by atoms with E-state index in [2.05, 4.69) is 39.5 Å². The first-order chi connectivity index (χ1) is 13.4. The average molecular weight is 398 g/mol. The van der Waals surface area contributed by atoms with Gasteiger partial charge in [-0.3, -0.25) is 9.54 Å². The van der Waals surface area contributed by atoms with Gasteiger partial charge in [0, 0.05) is 30.6 Å². The second-order valence-corrected chi connectivity index (χ2v) is 8.74. The largest absolute Gasteiger partial charge is 0.364 e. The first-order valence-corrected chi connectivity index (χ1v) is 10.7. The number of fused-ring (bicyclic) bond motifs is 3. The zero-order valence-electron chi connectivity index (χ0n) is 15.6. The molecule has 2 saturated heterocycles. The van der Waals surface area contributed by atoms with Gasteiger partial charge in [-0.25, -0.2) is 0 Å². The molecule has 6 nitrogen and oxygen atoms in total. The lowest BCUT2D eigenvalue weighted by Crippen LogP contribution is -2.43. The van der Waals surface area contributed by atoms with Crippen LogP contribution in [0.15, 0.2) is 65.7 Å². The maximum Gasteiger partial charge on any atom is 0.294 e. The molecule has 1 aromatic heterocycles. The van der Waals surface area contributed by atoms with Crippen molar-refractivity contribution >= 4 is 26.7 Å². The number of benzene rings is 2. The van der Waals surface area contributed by atoms with Gasteiger partial charge in [-0.2, -0.15) is 8.42 Å². The predicted octanol–water partition coefficient (Wildman–Crippen LogP) is 3.03. The lowest BCUT2D eigenvalue weighted by atomic mass is 10.2. The van der Waals surface area contributed by atoms with Crippen molar-refractivity contribution in [2.75, 3.05) is 18.0 Å². The molecule has 0 radical (unpaired) electrons. The fourth-order valence-corrected chi connectivity index (χ4v) is 4.28. The Balaban J connectivity index is 0.000000153. The average Bonchev–Trinajstić information content (AvgIpc) is 3.31. The summed E-state index contributed by atoms with van der Waals surface area (Å²) in [6, 6.07) is 17.9. The van der Waals surface area contributed by atoms with Gasteiger partial charge in [-0.1, -0.05) is 35.9 Å². The third kappa shape index (κ3) is 4.01. The summed E-state index contributed by atoms with van der Waals surface area (Å²) in [6.07, 6.45) is 3.30. The molecule has 0 aliphatic carbocycles. The molecule has 3 heterocycles. The van der Waals surface area contributed by atoms with E-state index in [4.69, 9.17) is 4.55 Å². The number of nitrogens with zero attached hydrogens (tertiary/aromatic N) is 2. The van der Waals surface area contributed by atoms with E-state index in [1.165, 1.54) is 29.6 Å². The van der Waals surface area contributed by atoms with Crippen LogP contribution in [0.2, 0.25) is 0 Å². The zero-order chi connectivity index (χ0) is 19.7. The Kier molecular flexibility index (Phi) is 5.05. The zero-order valence-corrected chi connectivity index (χ0v) is 16.4. The number of para-hydroxylation sites is 1. The number of hydrogen-bond acceptors (Lipinski definition) is 5. The number of piperazine rings is 1. The van der Waals surface area contributed by atoms with Crippen molar-refractivity contribution in [1.82, 2.24) is 10.3 Å². The van der Waals surface area contributed by atoms with Crippen molar-refractivity contribution in [3.8, 4) is 0 Å². The summed E-state index contributed by atoms with van der Waals surface area (Å²) in [6.45, 7) is 4.09. The standard InChI is InChI=1S/C14H15N3.C7H8O3S/c1-2-4-14-10(3-1)5-12(8-16-14)17-9-11-6-13(17)7-15-11;1-6-2-4-7(5-3-6)11(8,9)10/h1-5,8,11,13,15H,6-7,9H2;2-5H,1H3,(H,8,9,10)/t11-,13-;/m0./s1. The number of anilines is 1. The molecule has 2 fully saturated rings. The minimum atomic E-state index is -4.02. The molecule has 0 amide bonds. The molecule has 2 aromatic carbocycles. The van der Waals surface area contributed by atoms with E-state index in [0.717, 1.165) is 24.2 Å². The summed E-state index contributed by atoms with van der Waals surface area (Å²) >= 11 is 0. The molecule has 2 aliphatic heterocycles. The number of rotatable bonds is 2. The maximum atomic E-state index is 10.5. The van der Waals surface area contributed by atoms with Gasteiger partial charge in [0.15, 0.2) is 0 Å². The van der Waals surface area contributed by atoms with Crippen molar-refractivity contribution < 1.29 is 13.0 Å². The number of nitrogens with one attached hydrogen (secondary N) is 1. The molecule has 146 valence electrons. The van der Waals surface area contributed by atoms with Gasteiger partial charge in [0.05, 0.1) is 22.3 Å². The van der Waals surface area contributed by atoms with Crippen LogP contribution < -0.4 is 10.2 Å². The summed E-state index contributed by atoms with van der Waals surface area (Å²) in [5, 5.41) is 4.77. The Bertz CT molecular complexity index is 1080. The second-order valence-electron chi connectivity index (χ2n) is 7.32. The highest BCUT2D eigenvalue weighted by atomic mass is 32.2. The van der Waals surface area contributed by atoms with Gasteiger partial charge in [-0.15, -0.1) is 0 Å². The predicted molar refractivity (Wildman–Crippen MR) is 110 cm³/mol. The van der Waals surface area contributed by atoms with E-state index in [1.54, 1.807) is 12.1 Å². The minimum Gasteiger partial charge on any atom is -0.364 e. The molecule has 7 heteroatoms. The van der Waals surface area contributed by atoms with E-state index in [0.29, 0.717) is 12.1 Å². The molecule has 0 spiro atoms. The lowest BCUT2D eigenvalue weighted by molar-refractivity contribution is 0.483. The molecule has 28 heavy (non-hydrogen) atoms. The van der Waals surface area contributed by atoms with Crippen LogP contribution in [0, 0.1) is 6.92 Å². The van der Waals surface area contributed by atoms with Gasteiger partial charge >= 0.3 is 0 Å². The summed E-state index contributed by atoms with van der Waals surface area (Å²) in [5.41, 5.74) is 3.31. The summed E-state index contributed by atoms with van der Waals surface area (Å²) < 4.78 is 29.6. The Hall–Kier alpha value is -2.48. The van der Waals surface area contributed by atoms with Gasteiger partial charge in [-0.05, 0) is 37.6 Å². The van der Waals surface area contributed by atoms with E-state index >= 15 is 0 Å². The third-order valence-electron chi connectivity index (χ3n) is 5.28. The smallest absolute Gasteiger partial charge is 0.294 e. The van der Waals surface area contributed by atoms with Crippen LogP contribution in [0.1, 0.15) is 12.0 Å². The molecule has 0 saturated carbocycles. The highest BCUT2D eigenvalue weighted by molar-refractivity contribution is 7.85. The van der Waals surface area contributed by atoms with E-state index < -0.39 is 10.1 Å². The first-order valence-electron chi connectivity index (χ1n) is 9.29. The van der Waals surface area contributed by atoms with E-state index in [-0.39, 0.29) is 4.90 Å². The SMILES string of the molecule is Cc1ccc(S(=O)(=O)O)cc1.c1ccc2ncc(N3C[C@@H]4C[C@H]3CN4)cc2c1. The van der Waals surface area contributed by atoms with Crippen LogP contribution in [-0.4, -0.2) is 43.1 Å². The molecule has 2 N–H and O–H groups in total. The van der Waals surface area contributed by atoms with Crippen LogP contribution in [0.25, 0.3) is 10.9 Å². The molecular formula is C21H23N3O3S. The summed E-state index contributed by atoms with van der Waals surface area (Å²) in [7, 11) is -4.02. The van der Waals surface area contributed by atoms with Gasteiger partial charge in [0.25, 0.3) is 10.1 Å². The molecule has 2 aliphatic rings. The van der Waals surface area contributed by atoms with Crippen molar-refractivity contribution in [1.29, 1.82) is 0 Å². The van der Waals surface area contributed by atoms with Crippen LogP contribution >= 0.6 is 0 Å². The highest BCUT2D eigenvalue weighted by Crippen LogP contribution is 2.30. The number of aryl methyl sites for hydroxylation is 1. The Morgan fingerprint density at radius 1 is 1.14 bits per heavy atom. The Labute approximate surface area is 165 Å². The van der Waals surface area contributed by atoms with Gasteiger partial charge in [0.1, 0.15) is 0 Å². The maximum absolute atomic E-state index is 10.5. The highest BCUT2D eigenvalue weighted by Gasteiger charge is 2.37. The Morgan fingerprint density at radius 3 is 2.54 bits per heavy atom. The van der Waals surface area contributed by atoms with Crippen molar-refractivity contribution in [3.63, 3.8) is 0 Å². The van der Waals surface area contributed by atoms with Crippen LogP contribution in [-0.2, 0) is 10.1 Å². The first kappa shape index (κ1) is 18.9. The third-order valence-corrected chi connectivity index (χ3v) is 6.15. The number of hydrogen-bond donors (Lipinski definition) is 2. The van der Waals surface area contributed by atoms with E-state index in [9.17, 15) is 8.42 Å². The fourth-order valence-electron chi connectivity index (χ4n) is 3.80. The van der Waals surface area contributed by atoms with Crippen LogP contribution in [0.4, 0.5) is 5.69 Å². The van der Waals surface area contributed by atoms with Gasteiger partial charge in [0.2, 0.25) is 0 Å². The lowest BCUT2D eigenvalue weighted by Gasteiger charge is -2.29. The van der Waals surface area contributed by atoms with Crippen LogP contribution in [0.3, 0.4) is 0 Å². The molecular weight excluding hydrogens is 374 g/mol. The fraction of sp³-hybridized carbons (Fsp3) is 0.286. The minimum absolute atomic E-state index is 0.0666. The van der Waals surface area contributed by atoms with Crippen molar-refractivity contribution in [2.45, 2.75) is 30.3 Å². The van der Waals surface area contributed by atoms with Crippen molar-refractivity contribution in [2.24, 2.45) is 0 Å². The summed E-state index contributed by atoms with van der Waals surface area (Å²) in [4.78, 5) is 6.98. The quantitative estimate of drug-likeness (QED) is 0.647.